The van der Waals surface area contributed by atoms with E-state index in [2.05, 4.69) is 12.2 Å². The molecule has 0 fully saturated rings. The molecule has 1 rings (SSSR count). The summed E-state index contributed by atoms with van der Waals surface area (Å²) in [4.78, 5) is 11.7. The Morgan fingerprint density at radius 2 is 1.90 bits per heavy atom. The van der Waals surface area contributed by atoms with E-state index in [1.807, 2.05) is 0 Å². The average molecular weight is 297 g/mol. The molecular formula is C16H24FNO3. The van der Waals surface area contributed by atoms with Crippen molar-refractivity contribution in [3.63, 3.8) is 0 Å². The van der Waals surface area contributed by atoms with Crippen LogP contribution in [0.5, 0.6) is 5.75 Å². The van der Waals surface area contributed by atoms with Crippen molar-refractivity contribution in [3.05, 3.63) is 24.3 Å². The third-order valence-corrected chi connectivity index (χ3v) is 2.80. The zero-order chi connectivity index (χ0) is 15.3. The molecule has 21 heavy (non-hydrogen) atoms. The number of rotatable bonds is 11. The van der Waals surface area contributed by atoms with E-state index in [0.717, 1.165) is 12.8 Å². The quantitative estimate of drug-likeness (QED) is 0.635. The van der Waals surface area contributed by atoms with E-state index >= 15 is 0 Å². The molecule has 1 aromatic carbocycles. The highest BCUT2D eigenvalue weighted by atomic mass is 19.1. The van der Waals surface area contributed by atoms with Gasteiger partial charge >= 0.3 is 0 Å². The van der Waals surface area contributed by atoms with Gasteiger partial charge in [-0.3, -0.25) is 9.18 Å². The normalized spacial score (nSPS) is 10.4. The SMILES string of the molecule is CCCCOCCC(=O)Nc1ccc(OCCCF)cc1. The Hall–Kier alpha value is -1.62. The largest absolute Gasteiger partial charge is 0.493 e. The maximum absolute atomic E-state index is 11.9. The van der Waals surface area contributed by atoms with Gasteiger partial charge in [0.15, 0.2) is 0 Å². The molecule has 1 N–H and O–H groups in total. The van der Waals surface area contributed by atoms with E-state index in [1.54, 1.807) is 24.3 Å². The van der Waals surface area contributed by atoms with Gasteiger partial charge in [0, 0.05) is 18.7 Å². The second kappa shape index (κ2) is 11.1. The number of hydrogen-bond donors (Lipinski definition) is 1. The van der Waals surface area contributed by atoms with Gasteiger partial charge in [0.05, 0.1) is 26.3 Å². The molecule has 0 aliphatic carbocycles. The van der Waals surface area contributed by atoms with E-state index < -0.39 is 0 Å². The van der Waals surface area contributed by atoms with Crippen molar-refractivity contribution in [2.45, 2.75) is 32.6 Å². The molecule has 0 saturated heterocycles. The van der Waals surface area contributed by atoms with Crippen LogP contribution in [-0.4, -0.2) is 32.4 Å². The Labute approximate surface area is 125 Å². The maximum atomic E-state index is 11.9. The highest BCUT2D eigenvalue weighted by molar-refractivity contribution is 5.90. The fraction of sp³-hybridized carbons (Fsp3) is 0.562. The van der Waals surface area contributed by atoms with Crippen molar-refractivity contribution in [1.29, 1.82) is 0 Å². The van der Waals surface area contributed by atoms with Gasteiger partial charge in [-0.1, -0.05) is 13.3 Å². The third-order valence-electron chi connectivity index (χ3n) is 2.80. The van der Waals surface area contributed by atoms with Gasteiger partial charge in [-0.2, -0.15) is 0 Å². The number of ether oxygens (including phenoxy) is 2. The predicted molar refractivity (Wildman–Crippen MR) is 81.5 cm³/mol. The molecule has 0 radical (unpaired) electrons. The highest BCUT2D eigenvalue weighted by Gasteiger charge is 2.03. The third kappa shape index (κ3) is 8.30. The molecule has 0 aliphatic rings. The van der Waals surface area contributed by atoms with Crippen LogP contribution in [0.15, 0.2) is 24.3 Å². The predicted octanol–water partition coefficient (Wildman–Crippen LogP) is 3.57. The fourth-order valence-corrected chi connectivity index (χ4v) is 1.62. The van der Waals surface area contributed by atoms with Crippen molar-refractivity contribution < 1.29 is 18.7 Å². The number of anilines is 1. The Morgan fingerprint density at radius 3 is 2.57 bits per heavy atom. The van der Waals surface area contributed by atoms with Gasteiger partial charge in [0.25, 0.3) is 0 Å². The highest BCUT2D eigenvalue weighted by Crippen LogP contribution is 2.16. The molecule has 1 aromatic rings. The number of unbranched alkanes of at least 4 members (excludes halogenated alkanes) is 1. The number of amides is 1. The Morgan fingerprint density at radius 1 is 1.14 bits per heavy atom. The molecule has 118 valence electrons. The summed E-state index contributed by atoms with van der Waals surface area (Å²) >= 11 is 0. The molecule has 0 unspecified atom stereocenters. The molecule has 1 amide bonds. The van der Waals surface area contributed by atoms with Gasteiger partial charge in [0.1, 0.15) is 5.75 Å². The minimum Gasteiger partial charge on any atom is -0.493 e. The lowest BCUT2D eigenvalue weighted by Gasteiger charge is -2.08. The van der Waals surface area contributed by atoms with Crippen molar-refractivity contribution in [1.82, 2.24) is 0 Å². The van der Waals surface area contributed by atoms with Crippen LogP contribution in [0.3, 0.4) is 0 Å². The number of hydrogen-bond acceptors (Lipinski definition) is 3. The van der Waals surface area contributed by atoms with Crippen LogP contribution in [0.2, 0.25) is 0 Å². The Balaban J connectivity index is 2.23. The number of nitrogens with one attached hydrogen (secondary N) is 1. The average Bonchev–Trinajstić information content (AvgIpc) is 2.49. The Kier molecular flexibility index (Phi) is 9.20. The van der Waals surface area contributed by atoms with Crippen molar-refractivity contribution in [2.24, 2.45) is 0 Å². The second-order valence-electron chi connectivity index (χ2n) is 4.68. The minimum absolute atomic E-state index is 0.0717. The number of carbonyl (C=O) groups excluding carboxylic acids is 1. The van der Waals surface area contributed by atoms with Crippen molar-refractivity contribution in [3.8, 4) is 5.75 Å². The van der Waals surface area contributed by atoms with Crippen LogP contribution in [0, 0.1) is 0 Å². The molecule has 4 nitrogen and oxygen atoms in total. The van der Waals surface area contributed by atoms with Gasteiger partial charge in [0.2, 0.25) is 5.91 Å². The summed E-state index contributed by atoms with van der Waals surface area (Å²) < 4.78 is 22.6. The molecule has 0 aromatic heterocycles. The molecule has 0 atom stereocenters. The molecular weight excluding hydrogens is 273 g/mol. The first-order valence-corrected chi connectivity index (χ1v) is 7.42. The Bertz CT molecular complexity index is 395. The fourth-order valence-electron chi connectivity index (χ4n) is 1.62. The van der Waals surface area contributed by atoms with Gasteiger partial charge < -0.3 is 14.8 Å². The lowest BCUT2D eigenvalue weighted by atomic mass is 10.3. The zero-order valence-corrected chi connectivity index (χ0v) is 12.6. The van der Waals surface area contributed by atoms with Crippen LogP contribution >= 0.6 is 0 Å². The minimum atomic E-state index is -0.380. The van der Waals surface area contributed by atoms with Crippen LogP contribution in [-0.2, 0) is 9.53 Å². The lowest BCUT2D eigenvalue weighted by molar-refractivity contribution is -0.117. The number of alkyl halides is 1. The first kappa shape index (κ1) is 17.4. The van der Waals surface area contributed by atoms with E-state index in [9.17, 15) is 9.18 Å². The van der Waals surface area contributed by atoms with Crippen LogP contribution < -0.4 is 10.1 Å². The summed E-state index contributed by atoms with van der Waals surface area (Å²) in [6.07, 6.45) is 2.84. The standard InChI is InChI=1S/C16H24FNO3/c1-2-3-11-20-13-9-16(19)18-14-5-7-15(8-6-14)21-12-4-10-17/h5-8H,2-4,9-13H2,1H3,(H,18,19). The zero-order valence-electron chi connectivity index (χ0n) is 12.6. The monoisotopic (exact) mass is 297 g/mol. The molecule has 0 heterocycles. The molecule has 0 aliphatic heterocycles. The van der Waals surface area contributed by atoms with Crippen LogP contribution in [0.1, 0.15) is 32.6 Å². The molecule has 0 bridgehead atoms. The molecule has 5 heteroatoms. The molecule has 0 spiro atoms. The van der Waals surface area contributed by atoms with Gasteiger partial charge in [-0.25, -0.2) is 0 Å². The smallest absolute Gasteiger partial charge is 0.226 e. The summed E-state index contributed by atoms with van der Waals surface area (Å²) in [7, 11) is 0. The van der Waals surface area contributed by atoms with Crippen LogP contribution in [0.25, 0.3) is 0 Å². The summed E-state index contributed by atoms with van der Waals surface area (Å²) in [5, 5.41) is 2.79. The van der Waals surface area contributed by atoms with Crippen molar-refractivity contribution >= 4 is 11.6 Å². The van der Waals surface area contributed by atoms with E-state index in [4.69, 9.17) is 9.47 Å². The van der Waals surface area contributed by atoms with Gasteiger partial charge in [-0.15, -0.1) is 0 Å². The second-order valence-corrected chi connectivity index (χ2v) is 4.68. The van der Waals surface area contributed by atoms with Crippen molar-refractivity contribution in [2.75, 3.05) is 31.8 Å². The van der Waals surface area contributed by atoms with E-state index in [0.29, 0.717) is 44.1 Å². The topological polar surface area (TPSA) is 47.6 Å². The van der Waals surface area contributed by atoms with E-state index in [1.165, 1.54) is 0 Å². The molecule has 0 saturated carbocycles. The van der Waals surface area contributed by atoms with E-state index in [-0.39, 0.29) is 12.6 Å². The first-order chi connectivity index (χ1) is 10.3. The number of carbonyl (C=O) groups is 1. The number of halogens is 1. The summed E-state index contributed by atoms with van der Waals surface area (Å²) in [6, 6.07) is 7.04. The maximum Gasteiger partial charge on any atom is 0.226 e. The van der Waals surface area contributed by atoms with Crippen LogP contribution in [0.4, 0.5) is 10.1 Å². The first-order valence-electron chi connectivity index (χ1n) is 7.42. The number of benzene rings is 1. The summed E-state index contributed by atoms with van der Waals surface area (Å²) in [5.74, 6) is 0.599. The summed E-state index contributed by atoms with van der Waals surface area (Å²) in [5.41, 5.74) is 0.714. The summed E-state index contributed by atoms with van der Waals surface area (Å²) in [6.45, 7) is 3.22. The van der Waals surface area contributed by atoms with Gasteiger partial charge in [-0.05, 0) is 30.7 Å². The lowest BCUT2D eigenvalue weighted by Crippen LogP contribution is -2.14.